The third kappa shape index (κ3) is 4.45. The minimum atomic E-state index is 0.308. The number of rotatable bonds is 7. The van der Waals surface area contributed by atoms with Crippen LogP contribution >= 0.6 is 0 Å². The molecule has 25 heavy (non-hydrogen) atoms. The molecule has 128 valence electrons. The van der Waals surface area contributed by atoms with Gasteiger partial charge < -0.3 is 0 Å². The van der Waals surface area contributed by atoms with E-state index in [0.29, 0.717) is 20.9 Å². The normalized spacial score (nSPS) is 11.8. The van der Waals surface area contributed by atoms with E-state index in [0.717, 1.165) is 16.8 Å². The van der Waals surface area contributed by atoms with Gasteiger partial charge in [-0.1, -0.05) is 0 Å². The maximum atomic E-state index is 5.67. The van der Waals surface area contributed by atoms with Crippen LogP contribution in [0.25, 0.3) is 0 Å². The molecule has 2 nitrogen and oxygen atoms in total. The van der Waals surface area contributed by atoms with Gasteiger partial charge in [0.1, 0.15) is 0 Å². The molecule has 0 saturated carbocycles. The predicted molar refractivity (Wildman–Crippen MR) is 104 cm³/mol. The quantitative estimate of drug-likeness (QED) is 0.554. The molecule has 0 aromatic heterocycles. The van der Waals surface area contributed by atoms with Gasteiger partial charge in [-0.2, -0.15) is 0 Å². The molecule has 0 bridgehead atoms. The Morgan fingerprint density at radius 1 is 0.800 bits per heavy atom. The van der Waals surface area contributed by atoms with Crippen LogP contribution in [0.3, 0.4) is 0 Å². The number of methoxy groups -OCH3 is 2. The van der Waals surface area contributed by atoms with Crippen LogP contribution in [0.15, 0.2) is 78.9 Å². The fourth-order valence-electron chi connectivity index (χ4n) is 2.85. The second-order valence-corrected chi connectivity index (χ2v) is 7.99. The van der Waals surface area contributed by atoms with Crippen molar-refractivity contribution in [2.45, 2.75) is 11.2 Å². The first kappa shape index (κ1) is 17.6. The van der Waals surface area contributed by atoms with Crippen LogP contribution in [0.4, 0.5) is 0 Å². The molecule has 0 aliphatic carbocycles. The van der Waals surface area contributed by atoms with Crippen LogP contribution < -0.4 is 13.9 Å². The van der Waals surface area contributed by atoms with Gasteiger partial charge in [0.25, 0.3) is 0 Å². The second kappa shape index (κ2) is 8.75. The van der Waals surface area contributed by atoms with Gasteiger partial charge in [0, 0.05) is 0 Å². The van der Waals surface area contributed by atoms with E-state index in [1.807, 2.05) is 12.1 Å². The molecule has 0 radical (unpaired) electrons. The van der Waals surface area contributed by atoms with Crippen molar-refractivity contribution < 1.29 is 9.47 Å². The van der Waals surface area contributed by atoms with Crippen molar-refractivity contribution in [2.24, 2.45) is 0 Å². The van der Waals surface area contributed by atoms with E-state index in [1.54, 1.807) is 14.2 Å². The molecule has 0 N–H and O–H groups in total. The number of ether oxygens (including phenoxy) is 2. The van der Waals surface area contributed by atoms with Gasteiger partial charge in [0.2, 0.25) is 0 Å². The van der Waals surface area contributed by atoms with Crippen molar-refractivity contribution in [3.05, 3.63) is 90.0 Å². The molecule has 1 unspecified atom stereocenters. The molecule has 0 saturated heterocycles. The van der Waals surface area contributed by atoms with Crippen molar-refractivity contribution in [1.29, 1.82) is 0 Å². The summed E-state index contributed by atoms with van der Waals surface area (Å²) in [6.45, 7) is 0. The Morgan fingerprint density at radius 3 is 2.12 bits per heavy atom. The number of hydrogen-bond donors (Lipinski definition) is 0. The molecule has 3 aromatic rings. The summed E-state index contributed by atoms with van der Waals surface area (Å²) >= 11 is 0.396. The molecule has 3 aromatic carbocycles. The van der Waals surface area contributed by atoms with E-state index in [4.69, 9.17) is 9.47 Å². The van der Waals surface area contributed by atoms with E-state index in [1.165, 1.54) is 15.6 Å². The first-order valence-electron chi connectivity index (χ1n) is 8.26. The average Bonchev–Trinajstić information content (AvgIpc) is 2.70. The SMILES string of the molecule is COc1ccc(C(C[Se]c2ccccc2)c2ccccc2)c(OC)c1. The second-order valence-electron chi connectivity index (χ2n) is 5.70. The number of benzene rings is 3. The minimum absolute atomic E-state index is 0.308. The third-order valence-electron chi connectivity index (χ3n) is 4.18. The Balaban J connectivity index is 1.94. The first-order valence-corrected chi connectivity index (χ1v) is 10.3. The summed E-state index contributed by atoms with van der Waals surface area (Å²) in [7, 11) is 3.41. The molecule has 0 aliphatic rings. The molecule has 1 atom stereocenters. The molecule has 0 fully saturated rings. The summed E-state index contributed by atoms with van der Waals surface area (Å²) in [4.78, 5) is 0. The van der Waals surface area contributed by atoms with Crippen LogP contribution in [-0.2, 0) is 0 Å². The van der Waals surface area contributed by atoms with Crippen molar-refractivity contribution in [2.75, 3.05) is 14.2 Å². The summed E-state index contributed by atoms with van der Waals surface area (Å²) < 4.78 is 12.4. The molecule has 0 aliphatic heterocycles. The van der Waals surface area contributed by atoms with Gasteiger partial charge in [-0.05, 0) is 0 Å². The predicted octanol–water partition coefficient (Wildman–Crippen LogP) is 4.28. The zero-order valence-corrected chi connectivity index (χ0v) is 16.2. The Kier molecular flexibility index (Phi) is 6.16. The van der Waals surface area contributed by atoms with Crippen LogP contribution in [0.5, 0.6) is 11.5 Å². The fraction of sp³-hybridized carbons (Fsp3) is 0.182. The molecule has 3 rings (SSSR count). The van der Waals surface area contributed by atoms with Crippen molar-refractivity contribution in [3.8, 4) is 11.5 Å². The summed E-state index contributed by atoms with van der Waals surface area (Å²) in [6, 6.07) is 27.5. The van der Waals surface area contributed by atoms with Gasteiger partial charge in [0.15, 0.2) is 0 Å². The third-order valence-corrected chi connectivity index (χ3v) is 6.50. The van der Waals surface area contributed by atoms with E-state index in [2.05, 4.69) is 66.7 Å². The summed E-state index contributed by atoms with van der Waals surface area (Å²) in [5.74, 6) is 2.01. The van der Waals surface area contributed by atoms with Gasteiger partial charge in [-0.25, -0.2) is 0 Å². The van der Waals surface area contributed by atoms with Crippen molar-refractivity contribution in [1.82, 2.24) is 0 Å². The Bertz CT molecular complexity index is 788. The van der Waals surface area contributed by atoms with Crippen LogP contribution in [0, 0.1) is 0 Å². The Labute approximate surface area is 156 Å². The van der Waals surface area contributed by atoms with E-state index >= 15 is 0 Å². The standard InChI is InChI=1S/C22H22O2Se/c1-23-18-13-14-20(22(15-18)24-2)21(17-9-5-3-6-10-17)16-25-19-11-7-4-8-12-19/h3-15,21H,16H2,1-2H3. The molecule has 0 heterocycles. The fourth-order valence-corrected chi connectivity index (χ4v) is 5.12. The van der Waals surface area contributed by atoms with E-state index in [-0.39, 0.29) is 0 Å². The van der Waals surface area contributed by atoms with Gasteiger partial charge in [0.05, 0.1) is 0 Å². The zero-order chi connectivity index (χ0) is 17.5. The Hall–Kier alpha value is -2.22. The number of hydrogen-bond acceptors (Lipinski definition) is 2. The van der Waals surface area contributed by atoms with Gasteiger partial charge >= 0.3 is 156 Å². The first-order chi connectivity index (χ1) is 12.3. The van der Waals surface area contributed by atoms with Crippen LogP contribution in [-0.4, -0.2) is 29.2 Å². The molecular formula is C22H22O2Se. The maximum absolute atomic E-state index is 5.67. The summed E-state index contributed by atoms with van der Waals surface area (Å²) in [5.41, 5.74) is 2.54. The van der Waals surface area contributed by atoms with Gasteiger partial charge in [-0.15, -0.1) is 0 Å². The van der Waals surface area contributed by atoms with Crippen molar-refractivity contribution >= 4 is 19.4 Å². The molecule has 0 spiro atoms. The van der Waals surface area contributed by atoms with E-state index in [9.17, 15) is 0 Å². The Morgan fingerprint density at radius 2 is 1.48 bits per heavy atom. The monoisotopic (exact) mass is 398 g/mol. The van der Waals surface area contributed by atoms with E-state index < -0.39 is 0 Å². The zero-order valence-electron chi connectivity index (χ0n) is 14.5. The van der Waals surface area contributed by atoms with Gasteiger partial charge in [-0.3, -0.25) is 0 Å². The van der Waals surface area contributed by atoms with Crippen molar-refractivity contribution in [3.63, 3.8) is 0 Å². The summed E-state index contributed by atoms with van der Waals surface area (Å²) in [6.07, 6.45) is 0. The molecular weight excluding hydrogens is 375 g/mol. The average molecular weight is 397 g/mol. The molecule has 0 amide bonds. The topological polar surface area (TPSA) is 18.5 Å². The van der Waals surface area contributed by atoms with Crippen LogP contribution in [0.2, 0.25) is 5.32 Å². The molecule has 3 heteroatoms. The van der Waals surface area contributed by atoms with Crippen LogP contribution in [0.1, 0.15) is 17.0 Å². The summed E-state index contributed by atoms with van der Waals surface area (Å²) in [5, 5.41) is 1.09.